The quantitative estimate of drug-likeness (QED) is 0.619. The highest BCUT2D eigenvalue weighted by molar-refractivity contribution is 7.98. The zero-order valence-corrected chi connectivity index (χ0v) is 15.3. The van der Waals surface area contributed by atoms with Gasteiger partial charge in [-0.3, -0.25) is 9.59 Å². The Labute approximate surface area is 156 Å². The summed E-state index contributed by atoms with van der Waals surface area (Å²) in [6.45, 7) is -0.106. The third kappa shape index (κ3) is 7.06. The molecule has 7 heteroatoms. The molecule has 0 aromatic heterocycles. The van der Waals surface area contributed by atoms with Crippen LogP contribution in [-0.2, 0) is 15.3 Å². The van der Waals surface area contributed by atoms with Gasteiger partial charge in [-0.2, -0.15) is 11.8 Å². The molecule has 0 aliphatic carbocycles. The van der Waals surface area contributed by atoms with Gasteiger partial charge in [0.05, 0.1) is 13.5 Å². The first-order chi connectivity index (χ1) is 12.6. The summed E-state index contributed by atoms with van der Waals surface area (Å²) in [5.74, 6) is 1.41. The maximum Gasteiger partial charge on any atom is 0.304 e. The van der Waals surface area contributed by atoms with Crippen LogP contribution in [0.15, 0.2) is 48.5 Å². The fourth-order valence-corrected chi connectivity index (χ4v) is 3.00. The van der Waals surface area contributed by atoms with Gasteiger partial charge in [-0.1, -0.05) is 18.2 Å². The summed E-state index contributed by atoms with van der Waals surface area (Å²) >= 11 is 1.54. The fourth-order valence-electron chi connectivity index (χ4n) is 2.13. The summed E-state index contributed by atoms with van der Waals surface area (Å²) in [4.78, 5) is 22.6. The Morgan fingerprint density at radius 1 is 1.12 bits per heavy atom. The summed E-state index contributed by atoms with van der Waals surface area (Å²) in [5, 5.41) is 11.4. The molecule has 0 saturated carbocycles. The van der Waals surface area contributed by atoms with E-state index in [1.54, 1.807) is 49.2 Å². The Bertz CT molecular complexity index is 750. The van der Waals surface area contributed by atoms with Gasteiger partial charge < -0.3 is 19.9 Å². The van der Waals surface area contributed by atoms with Crippen molar-refractivity contribution in [2.75, 3.05) is 24.8 Å². The molecule has 0 aliphatic heterocycles. The van der Waals surface area contributed by atoms with Gasteiger partial charge in [0.15, 0.2) is 6.61 Å². The predicted molar refractivity (Wildman–Crippen MR) is 102 cm³/mol. The van der Waals surface area contributed by atoms with E-state index in [2.05, 4.69) is 5.32 Å². The van der Waals surface area contributed by atoms with Gasteiger partial charge in [-0.15, -0.1) is 0 Å². The van der Waals surface area contributed by atoms with Gasteiger partial charge in [0, 0.05) is 23.3 Å². The number of carboxylic acid groups (broad SMARTS) is 1. The van der Waals surface area contributed by atoms with Gasteiger partial charge in [0.25, 0.3) is 5.91 Å². The number of ether oxygens (including phenoxy) is 2. The first kappa shape index (κ1) is 19.7. The lowest BCUT2D eigenvalue weighted by atomic mass is 10.2. The summed E-state index contributed by atoms with van der Waals surface area (Å²) in [5.41, 5.74) is 1.70. The lowest BCUT2D eigenvalue weighted by Gasteiger charge is -2.09. The molecule has 0 bridgehead atoms. The van der Waals surface area contributed by atoms with Crippen molar-refractivity contribution in [3.8, 4) is 11.5 Å². The second kappa shape index (κ2) is 10.4. The van der Waals surface area contributed by atoms with Gasteiger partial charge in [0.1, 0.15) is 11.5 Å². The Kier molecular flexibility index (Phi) is 7.82. The van der Waals surface area contributed by atoms with E-state index < -0.39 is 5.97 Å². The number of carboxylic acids is 1. The summed E-state index contributed by atoms with van der Waals surface area (Å²) in [6.07, 6.45) is 0.142. The number of hydrogen-bond donors (Lipinski definition) is 2. The van der Waals surface area contributed by atoms with Crippen molar-refractivity contribution < 1.29 is 24.2 Å². The molecule has 2 aromatic rings. The molecule has 0 saturated heterocycles. The molecule has 2 N–H and O–H groups in total. The van der Waals surface area contributed by atoms with Crippen LogP contribution in [0, 0.1) is 0 Å². The zero-order valence-electron chi connectivity index (χ0n) is 14.4. The number of aliphatic carboxylic acids is 1. The molecule has 0 spiro atoms. The predicted octanol–water partition coefficient (Wildman–Crippen LogP) is 3.42. The Morgan fingerprint density at radius 2 is 1.88 bits per heavy atom. The van der Waals surface area contributed by atoms with Crippen molar-refractivity contribution in [3.05, 3.63) is 54.1 Å². The molecular weight excluding hydrogens is 354 g/mol. The molecule has 2 rings (SSSR count). The highest BCUT2D eigenvalue weighted by Gasteiger charge is 2.06. The zero-order chi connectivity index (χ0) is 18.8. The molecular formula is C19H21NO5S. The third-order valence-corrected chi connectivity index (χ3v) is 4.38. The van der Waals surface area contributed by atoms with E-state index in [0.717, 1.165) is 5.56 Å². The molecule has 2 aromatic carbocycles. The highest BCUT2D eigenvalue weighted by atomic mass is 32.2. The van der Waals surface area contributed by atoms with Gasteiger partial charge in [-0.25, -0.2) is 0 Å². The maximum atomic E-state index is 12.0. The van der Waals surface area contributed by atoms with Crippen molar-refractivity contribution in [1.29, 1.82) is 0 Å². The minimum atomic E-state index is -0.797. The normalized spacial score (nSPS) is 10.2. The van der Waals surface area contributed by atoms with Crippen LogP contribution in [0.3, 0.4) is 0 Å². The average molecular weight is 375 g/mol. The van der Waals surface area contributed by atoms with E-state index in [9.17, 15) is 9.59 Å². The average Bonchev–Trinajstić information content (AvgIpc) is 2.64. The fraction of sp³-hybridized carbons (Fsp3) is 0.263. The summed E-state index contributed by atoms with van der Waals surface area (Å²) < 4.78 is 10.6. The van der Waals surface area contributed by atoms with Crippen molar-refractivity contribution in [2.24, 2.45) is 0 Å². The second-order valence-electron chi connectivity index (χ2n) is 5.41. The number of carbonyl (C=O) groups excluding carboxylic acids is 1. The summed E-state index contributed by atoms with van der Waals surface area (Å²) in [6, 6.07) is 14.5. The van der Waals surface area contributed by atoms with E-state index >= 15 is 0 Å². The Balaban J connectivity index is 1.80. The standard InChI is InChI=1S/C19H21NO5S/c1-24-16-6-3-7-17(11-16)25-12-18(21)20-15-5-2-4-14(10-15)13-26-9-8-19(22)23/h2-7,10-11H,8-9,12-13H2,1H3,(H,20,21)(H,22,23). The van der Waals surface area contributed by atoms with Gasteiger partial charge in [-0.05, 0) is 29.8 Å². The molecule has 26 heavy (non-hydrogen) atoms. The number of amides is 1. The number of anilines is 1. The van der Waals surface area contributed by atoms with Crippen LogP contribution in [0.25, 0.3) is 0 Å². The topological polar surface area (TPSA) is 84.9 Å². The van der Waals surface area contributed by atoms with Crippen molar-refractivity contribution in [2.45, 2.75) is 12.2 Å². The Hall–Kier alpha value is -2.67. The number of carbonyl (C=O) groups is 2. The molecule has 0 heterocycles. The molecule has 1 amide bonds. The number of methoxy groups -OCH3 is 1. The number of benzene rings is 2. The van der Waals surface area contributed by atoms with E-state index in [4.69, 9.17) is 14.6 Å². The first-order valence-electron chi connectivity index (χ1n) is 8.02. The minimum Gasteiger partial charge on any atom is -0.497 e. The molecule has 138 valence electrons. The lowest BCUT2D eigenvalue weighted by molar-refractivity contribution is -0.136. The van der Waals surface area contributed by atoms with Crippen LogP contribution in [-0.4, -0.2) is 36.5 Å². The molecule has 6 nitrogen and oxygen atoms in total. The van der Waals surface area contributed by atoms with Gasteiger partial charge >= 0.3 is 5.97 Å². The van der Waals surface area contributed by atoms with Crippen LogP contribution in [0.5, 0.6) is 11.5 Å². The van der Waals surface area contributed by atoms with Crippen LogP contribution < -0.4 is 14.8 Å². The second-order valence-corrected chi connectivity index (χ2v) is 6.52. The van der Waals surface area contributed by atoms with Crippen molar-refractivity contribution in [3.63, 3.8) is 0 Å². The van der Waals surface area contributed by atoms with Crippen LogP contribution in [0.1, 0.15) is 12.0 Å². The summed E-state index contributed by atoms with van der Waals surface area (Å²) in [7, 11) is 1.57. The minimum absolute atomic E-state index is 0.106. The monoisotopic (exact) mass is 375 g/mol. The third-order valence-electron chi connectivity index (χ3n) is 3.35. The highest BCUT2D eigenvalue weighted by Crippen LogP contribution is 2.19. The maximum absolute atomic E-state index is 12.0. The van der Waals surface area contributed by atoms with E-state index in [1.165, 1.54) is 0 Å². The van der Waals surface area contributed by atoms with Crippen molar-refractivity contribution in [1.82, 2.24) is 0 Å². The first-order valence-corrected chi connectivity index (χ1v) is 9.17. The van der Waals surface area contributed by atoms with Gasteiger partial charge in [0.2, 0.25) is 0 Å². The SMILES string of the molecule is COc1cccc(OCC(=O)Nc2cccc(CSCCC(=O)O)c2)c1. The van der Waals surface area contributed by atoms with Crippen LogP contribution in [0.2, 0.25) is 0 Å². The van der Waals surface area contributed by atoms with Crippen LogP contribution in [0.4, 0.5) is 5.69 Å². The molecule has 0 aliphatic rings. The van der Waals surface area contributed by atoms with E-state index in [0.29, 0.717) is 28.7 Å². The van der Waals surface area contributed by atoms with Crippen LogP contribution >= 0.6 is 11.8 Å². The van der Waals surface area contributed by atoms with E-state index in [1.807, 2.05) is 18.2 Å². The lowest BCUT2D eigenvalue weighted by Crippen LogP contribution is -2.20. The Morgan fingerprint density at radius 3 is 2.65 bits per heavy atom. The molecule has 0 atom stereocenters. The van der Waals surface area contributed by atoms with Crippen molar-refractivity contribution >= 4 is 29.3 Å². The number of nitrogens with one attached hydrogen (secondary N) is 1. The molecule has 0 fully saturated rings. The molecule has 0 radical (unpaired) electrons. The molecule has 0 unspecified atom stereocenters. The number of hydrogen-bond acceptors (Lipinski definition) is 5. The van der Waals surface area contributed by atoms with E-state index in [-0.39, 0.29) is 18.9 Å². The number of rotatable bonds is 10. The smallest absolute Gasteiger partial charge is 0.304 e. The number of thioether (sulfide) groups is 1. The largest absolute Gasteiger partial charge is 0.497 e.